The monoisotopic (exact) mass is 364 g/mol. The minimum absolute atomic E-state index is 0.0140. The van der Waals surface area contributed by atoms with Crippen LogP contribution in [-0.2, 0) is 4.74 Å². The normalized spacial score (nSPS) is 19.3. The van der Waals surface area contributed by atoms with Crippen molar-refractivity contribution in [2.24, 2.45) is 0 Å². The van der Waals surface area contributed by atoms with Crippen molar-refractivity contribution in [1.29, 1.82) is 0 Å². The van der Waals surface area contributed by atoms with Gasteiger partial charge >= 0.3 is 12.2 Å². The van der Waals surface area contributed by atoms with Gasteiger partial charge in [0.15, 0.2) is 5.82 Å². The first kappa shape index (κ1) is 16.7. The molecule has 0 saturated carbocycles. The van der Waals surface area contributed by atoms with Gasteiger partial charge in [0.25, 0.3) is 5.56 Å². The summed E-state index contributed by atoms with van der Waals surface area (Å²) < 4.78 is 57.0. The van der Waals surface area contributed by atoms with Gasteiger partial charge < -0.3 is 9.88 Å². The number of nitrogens with one attached hydrogen (secondary N) is 1. The molecule has 1 saturated heterocycles. The van der Waals surface area contributed by atoms with Crippen LogP contribution >= 0.6 is 11.6 Å². The smallest absolute Gasteiger partial charge is 0.338 e. The molecular formula is C13H9ClF4N4O2. The van der Waals surface area contributed by atoms with E-state index in [1.54, 1.807) is 0 Å². The highest BCUT2D eigenvalue weighted by Gasteiger charge is 2.52. The van der Waals surface area contributed by atoms with Crippen molar-refractivity contribution in [3.05, 3.63) is 39.9 Å². The molecule has 11 heteroatoms. The van der Waals surface area contributed by atoms with Gasteiger partial charge in [0.1, 0.15) is 23.9 Å². The van der Waals surface area contributed by atoms with E-state index in [0.717, 1.165) is 0 Å². The minimum Gasteiger partial charge on any atom is -0.338 e. The molecule has 0 unspecified atom stereocenters. The van der Waals surface area contributed by atoms with Gasteiger partial charge in [0.05, 0.1) is 0 Å². The lowest BCUT2D eigenvalue weighted by Crippen LogP contribution is -2.55. The zero-order chi connectivity index (χ0) is 17.5. The molecule has 0 bridgehead atoms. The molecule has 3 heterocycles. The van der Waals surface area contributed by atoms with E-state index in [1.807, 2.05) is 0 Å². The van der Waals surface area contributed by atoms with Crippen LogP contribution < -0.4 is 10.5 Å². The van der Waals surface area contributed by atoms with Gasteiger partial charge in [-0.25, -0.2) is 4.98 Å². The number of hydrogen-bond acceptors (Lipinski definition) is 5. The molecular weight excluding hydrogens is 356 g/mol. The van der Waals surface area contributed by atoms with E-state index in [2.05, 4.69) is 19.7 Å². The lowest BCUT2D eigenvalue weighted by molar-refractivity contribution is -0.380. The Bertz CT molecular complexity index is 799. The predicted molar refractivity (Wildman–Crippen MR) is 76.3 cm³/mol. The van der Waals surface area contributed by atoms with E-state index in [1.165, 1.54) is 24.5 Å². The third-order valence-corrected chi connectivity index (χ3v) is 3.49. The highest BCUT2D eigenvalue weighted by molar-refractivity contribution is 6.32. The number of aromatic amines is 1. The molecule has 1 fully saturated rings. The van der Waals surface area contributed by atoms with E-state index in [9.17, 15) is 22.4 Å². The SMILES string of the molecule is O=c1[nH]c(-c2ccncc2)nc(N2CC(F)(F)OC(F)(F)C2)c1Cl. The van der Waals surface area contributed by atoms with Crippen molar-refractivity contribution in [1.82, 2.24) is 15.0 Å². The second kappa shape index (κ2) is 5.71. The molecule has 0 aromatic carbocycles. The van der Waals surface area contributed by atoms with E-state index in [-0.39, 0.29) is 5.82 Å². The Morgan fingerprint density at radius 3 is 2.33 bits per heavy atom. The van der Waals surface area contributed by atoms with Crippen LogP contribution in [0.4, 0.5) is 23.4 Å². The quantitative estimate of drug-likeness (QED) is 0.829. The Morgan fingerprint density at radius 2 is 1.75 bits per heavy atom. The van der Waals surface area contributed by atoms with Crippen LogP contribution in [0.5, 0.6) is 0 Å². The largest absolute Gasteiger partial charge is 0.377 e. The first-order valence-corrected chi connectivity index (χ1v) is 6.96. The maximum absolute atomic E-state index is 13.4. The summed E-state index contributed by atoms with van der Waals surface area (Å²) in [4.78, 5) is 22.5. The van der Waals surface area contributed by atoms with Crippen molar-refractivity contribution < 1.29 is 22.3 Å². The third-order valence-electron chi connectivity index (χ3n) is 3.15. The summed E-state index contributed by atoms with van der Waals surface area (Å²) in [6.45, 7) is -2.43. The summed E-state index contributed by atoms with van der Waals surface area (Å²) >= 11 is 5.78. The molecule has 128 valence electrons. The number of nitrogens with zero attached hydrogens (tertiary/aromatic N) is 3. The molecule has 2 aromatic rings. The van der Waals surface area contributed by atoms with Gasteiger partial charge in [0.2, 0.25) is 0 Å². The summed E-state index contributed by atoms with van der Waals surface area (Å²) in [5.74, 6) is -0.491. The van der Waals surface area contributed by atoms with Gasteiger partial charge in [-0.1, -0.05) is 11.6 Å². The zero-order valence-electron chi connectivity index (χ0n) is 11.8. The molecule has 1 aliphatic heterocycles. The van der Waals surface area contributed by atoms with Crippen LogP contribution in [0.25, 0.3) is 11.4 Å². The Hall–Kier alpha value is -2.20. The first-order valence-electron chi connectivity index (χ1n) is 6.58. The number of hydrogen-bond donors (Lipinski definition) is 1. The van der Waals surface area contributed by atoms with Crippen LogP contribution in [0, 0.1) is 0 Å². The molecule has 0 amide bonds. The van der Waals surface area contributed by atoms with Crippen LogP contribution in [0.3, 0.4) is 0 Å². The number of alkyl halides is 4. The molecule has 0 aliphatic carbocycles. The number of H-pyrrole nitrogens is 1. The summed E-state index contributed by atoms with van der Waals surface area (Å²) in [6, 6.07) is 3.00. The van der Waals surface area contributed by atoms with Gasteiger partial charge in [0, 0.05) is 18.0 Å². The summed E-state index contributed by atoms with van der Waals surface area (Å²) in [5, 5.41) is -0.568. The Balaban J connectivity index is 2.07. The van der Waals surface area contributed by atoms with Crippen molar-refractivity contribution in [3.63, 3.8) is 0 Å². The minimum atomic E-state index is -4.12. The Labute approximate surface area is 137 Å². The van der Waals surface area contributed by atoms with Crippen molar-refractivity contribution in [3.8, 4) is 11.4 Å². The van der Waals surface area contributed by atoms with Crippen molar-refractivity contribution in [2.45, 2.75) is 12.2 Å². The van der Waals surface area contributed by atoms with E-state index in [4.69, 9.17) is 11.6 Å². The molecule has 1 N–H and O–H groups in total. The molecule has 0 spiro atoms. The van der Waals surface area contributed by atoms with Gasteiger partial charge in [-0.3, -0.25) is 14.5 Å². The number of halogens is 5. The van der Waals surface area contributed by atoms with Gasteiger partial charge in [-0.2, -0.15) is 17.6 Å². The maximum Gasteiger partial charge on any atom is 0.377 e. The number of aromatic nitrogens is 3. The topological polar surface area (TPSA) is 71.1 Å². The molecule has 6 nitrogen and oxygen atoms in total. The molecule has 1 aliphatic rings. The van der Waals surface area contributed by atoms with E-state index in [0.29, 0.717) is 10.5 Å². The maximum atomic E-state index is 13.4. The standard InChI is InChI=1S/C13H9ClF4N4O2/c14-8-10(22-5-12(15,16)24-13(17,18)6-22)20-9(21-11(8)23)7-1-3-19-4-2-7/h1-4H,5-6H2,(H,20,21,23). The van der Waals surface area contributed by atoms with E-state index >= 15 is 0 Å². The molecule has 3 rings (SSSR count). The van der Waals surface area contributed by atoms with Gasteiger partial charge in [-0.05, 0) is 12.1 Å². The zero-order valence-corrected chi connectivity index (χ0v) is 12.5. The molecule has 0 atom stereocenters. The predicted octanol–water partition coefficient (Wildman–Crippen LogP) is 2.51. The highest BCUT2D eigenvalue weighted by atomic mass is 35.5. The summed E-state index contributed by atoms with van der Waals surface area (Å²) in [7, 11) is 0. The second-order valence-electron chi connectivity index (χ2n) is 5.02. The van der Waals surface area contributed by atoms with Crippen LogP contribution in [0.15, 0.2) is 29.3 Å². The second-order valence-corrected chi connectivity index (χ2v) is 5.40. The summed E-state index contributed by atoms with van der Waals surface area (Å²) in [6.07, 6.45) is -5.40. The van der Waals surface area contributed by atoms with Gasteiger partial charge in [-0.15, -0.1) is 0 Å². The molecule has 0 radical (unpaired) electrons. The Kier molecular flexibility index (Phi) is 3.96. The highest BCUT2D eigenvalue weighted by Crippen LogP contribution is 2.36. The fourth-order valence-corrected chi connectivity index (χ4v) is 2.45. The van der Waals surface area contributed by atoms with Crippen LogP contribution in [-0.4, -0.2) is 40.3 Å². The number of anilines is 1. The first-order chi connectivity index (χ1) is 11.2. The lowest BCUT2D eigenvalue weighted by Gasteiger charge is -2.37. The Morgan fingerprint density at radius 1 is 1.17 bits per heavy atom. The number of rotatable bonds is 2. The van der Waals surface area contributed by atoms with E-state index < -0.39 is 41.7 Å². The number of morpholine rings is 1. The fourth-order valence-electron chi connectivity index (χ4n) is 2.24. The lowest BCUT2D eigenvalue weighted by atomic mass is 10.2. The molecule has 2 aromatic heterocycles. The summed E-state index contributed by atoms with van der Waals surface area (Å²) in [5.41, 5.74) is -0.432. The molecule has 24 heavy (non-hydrogen) atoms. The number of ether oxygens (including phenoxy) is 1. The van der Waals surface area contributed by atoms with Crippen LogP contribution in [0.1, 0.15) is 0 Å². The van der Waals surface area contributed by atoms with Crippen molar-refractivity contribution in [2.75, 3.05) is 18.0 Å². The van der Waals surface area contributed by atoms with Crippen molar-refractivity contribution >= 4 is 17.4 Å². The van der Waals surface area contributed by atoms with Crippen LogP contribution in [0.2, 0.25) is 5.02 Å². The average Bonchev–Trinajstić information content (AvgIpc) is 2.47. The fraction of sp³-hybridized carbons (Fsp3) is 0.308. The third kappa shape index (κ3) is 3.34. The average molecular weight is 365 g/mol. The number of pyridine rings is 1.